The average Bonchev–Trinajstić information content (AvgIpc) is 3.23. The van der Waals surface area contributed by atoms with Crippen molar-refractivity contribution < 1.29 is 19.1 Å². The second-order valence-corrected chi connectivity index (χ2v) is 18.2. The molecule has 0 N–H and O–H groups in total. The van der Waals surface area contributed by atoms with Crippen LogP contribution in [0.2, 0.25) is 0 Å². The minimum atomic E-state index is -0.00322. The largest absolute Gasteiger partial charge is 0.466 e. The van der Waals surface area contributed by atoms with E-state index in [1.54, 1.807) is 0 Å². The SMILES string of the molecule is CCCCCCCCCCCCCCCC(=O)OCCCC.CCCCCCCCCCCCCCCCCC(=O)OCC(CCCCCC)CCCCCCCC. The van der Waals surface area contributed by atoms with Crippen molar-refractivity contribution in [3.05, 3.63) is 0 Å². The maximum Gasteiger partial charge on any atom is 0.305 e. The number of ether oxygens (including phenoxy) is 2. The lowest BCUT2D eigenvalue weighted by Gasteiger charge is -2.17. The summed E-state index contributed by atoms with van der Waals surface area (Å²) in [6, 6.07) is 0. The number of hydrogen-bond donors (Lipinski definition) is 0. The molecular formula is C54H108O4. The molecule has 0 aliphatic carbocycles. The first-order valence-electron chi connectivity index (χ1n) is 26.9. The predicted octanol–water partition coefficient (Wildman–Crippen LogP) is 18.9. The van der Waals surface area contributed by atoms with Crippen LogP contribution in [-0.4, -0.2) is 25.2 Å². The van der Waals surface area contributed by atoms with Gasteiger partial charge < -0.3 is 9.47 Å². The molecule has 58 heavy (non-hydrogen) atoms. The monoisotopic (exact) mass is 821 g/mol. The summed E-state index contributed by atoms with van der Waals surface area (Å²) in [6.07, 6.45) is 57.0. The van der Waals surface area contributed by atoms with Gasteiger partial charge in [0.05, 0.1) is 13.2 Å². The third-order valence-electron chi connectivity index (χ3n) is 12.1. The van der Waals surface area contributed by atoms with Gasteiger partial charge in [0, 0.05) is 12.8 Å². The Kier molecular flexibility index (Phi) is 54.9. The van der Waals surface area contributed by atoms with Gasteiger partial charge in [0.15, 0.2) is 0 Å². The summed E-state index contributed by atoms with van der Waals surface area (Å²) in [5.41, 5.74) is 0. The second-order valence-electron chi connectivity index (χ2n) is 18.2. The Morgan fingerprint density at radius 2 is 0.534 bits per heavy atom. The lowest BCUT2D eigenvalue weighted by atomic mass is 9.95. The Morgan fingerprint density at radius 3 is 0.845 bits per heavy atom. The first kappa shape index (κ1) is 59.0. The van der Waals surface area contributed by atoms with Crippen molar-refractivity contribution in [3.8, 4) is 0 Å². The zero-order valence-electron chi connectivity index (χ0n) is 40.7. The number of carbonyl (C=O) groups excluding carboxylic acids is 2. The summed E-state index contributed by atoms with van der Waals surface area (Å²) in [5.74, 6) is 0.626. The van der Waals surface area contributed by atoms with Crippen LogP contribution in [0.25, 0.3) is 0 Å². The van der Waals surface area contributed by atoms with Crippen molar-refractivity contribution in [3.63, 3.8) is 0 Å². The first-order valence-corrected chi connectivity index (χ1v) is 26.9. The van der Waals surface area contributed by atoms with Gasteiger partial charge in [0.25, 0.3) is 0 Å². The van der Waals surface area contributed by atoms with Gasteiger partial charge in [0.1, 0.15) is 0 Å². The summed E-state index contributed by atoms with van der Waals surface area (Å²) in [6.45, 7) is 12.5. The molecule has 0 saturated carbocycles. The van der Waals surface area contributed by atoms with E-state index in [0.717, 1.165) is 25.7 Å². The standard InChI is InChI=1S/C34H68O2.C20H40O2/c1-4-7-10-13-15-16-17-18-19-20-21-22-23-25-28-31-34(35)36-32-33(29-26-12-9-6-3)30-27-24-14-11-8-5-2;1-3-5-7-8-9-10-11-12-13-14-15-16-17-18-20(21)22-19-6-4-2/h33H,4-32H2,1-3H3;3-19H2,1-2H3. The molecule has 0 radical (unpaired) electrons. The summed E-state index contributed by atoms with van der Waals surface area (Å²) >= 11 is 0. The molecule has 0 bridgehead atoms. The molecule has 4 nitrogen and oxygen atoms in total. The van der Waals surface area contributed by atoms with Crippen molar-refractivity contribution in [1.82, 2.24) is 0 Å². The van der Waals surface area contributed by atoms with E-state index in [0.29, 0.717) is 32.0 Å². The lowest BCUT2D eigenvalue weighted by molar-refractivity contribution is -0.145. The van der Waals surface area contributed by atoms with Crippen LogP contribution < -0.4 is 0 Å². The van der Waals surface area contributed by atoms with Gasteiger partial charge in [-0.2, -0.15) is 0 Å². The Hall–Kier alpha value is -1.06. The molecule has 0 amide bonds. The molecule has 0 aliphatic heterocycles. The lowest BCUT2D eigenvalue weighted by Crippen LogP contribution is -2.14. The molecule has 1 atom stereocenters. The van der Waals surface area contributed by atoms with E-state index < -0.39 is 0 Å². The highest BCUT2D eigenvalue weighted by atomic mass is 16.5. The Morgan fingerprint density at radius 1 is 0.293 bits per heavy atom. The Balaban J connectivity index is 0. The van der Waals surface area contributed by atoms with Crippen LogP contribution in [-0.2, 0) is 19.1 Å². The Labute approximate surface area is 366 Å². The third kappa shape index (κ3) is 53.0. The van der Waals surface area contributed by atoms with E-state index in [1.807, 2.05) is 0 Å². The van der Waals surface area contributed by atoms with Crippen molar-refractivity contribution in [1.29, 1.82) is 0 Å². The maximum absolute atomic E-state index is 12.3. The van der Waals surface area contributed by atoms with Crippen LogP contribution in [0.3, 0.4) is 0 Å². The van der Waals surface area contributed by atoms with Crippen LogP contribution in [0.15, 0.2) is 0 Å². The van der Waals surface area contributed by atoms with Crippen LogP contribution in [0.5, 0.6) is 0 Å². The van der Waals surface area contributed by atoms with E-state index in [-0.39, 0.29) is 11.9 Å². The van der Waals surface area contributed by atoms with Crippen LogP contribution >= 0.6 is 0 Å². The summed E-state index contributed by atoms with van der Waals surface area (Å²) in [7, 11) is 0. The first-order chi connectivity index (χ1) is 28.5. The number of unbranched alkanes of at least 4 members (excludes halogenated alkanes) is 35. The Bertz CT molecular complexity index is 766. The van der Waals surface area contributed by atoms with Gasteiger partial charge in [-0.3, -0.25) is 9.59 Å². The van der Waals surface area contributed by atoms with E-state index in [9.17, 15) is 9.59 Å². The molecule has 0 fully saturated rings. The summed E-state index contributed by atoms with van der Waals surface area (Å²) in [5, 5.41) is 0. The zero-order valence-corrected chi connectivity index (χ0v) is 40.7. The summed E-state index contributed by atoms with van der Waals surface area (Å²) in [4.78, 5) is 23.7. The molecule has 0 aromatic carbocycles. The van der Waals surface area contributed by atoms with Gasteiger partial charge >= 0.3 is 11.9 Å². The minimum absolute atomic E-state index is 0.00322. The van der Waals surface area contributed by atoms with Crippen molar-refractivity contribution >= 4 is 11.9 Å². The van der Waals surface area contributed by atoms with Gasteiger partial charge in [-0.1, -0.05) is 272 Å². The van der Waals surface area contributed by atoms with E-state index >= 15 is 0 Å². The highest BCUT2D eigenvalue weighted by Crippen LogP contribution is 2.20. The third-order valence-corrected chi connectivity index (χ3v) is 12.1. The van der Waals surface area contributed by atoms with Gasteiger partial charge in [-0.15, -0.1) is 0 Å². The highest BCUT2D eigenvalue weighted by Gasteiger charge is 2.12. The average molecular weight is 821 g/mol. The van der Waals surface area contributed by atoms with E-state index in [4.69, 9.17) is 9.47 Å². The van der Waals surface area contributed by atoms with Crippen molar-refractivity contribution in [2.75, 3.05) is 13.2 Å². The fraction of sp³-hybridized carbons (Fsp3) is 0.963. The normalized spacial score (nSPS) is 11.7. The molecule has 0 rings (SSSR count). The topological polar surface area (TPSA) is 52.6 Å². The molecule has 0 spiro atoms. The maximum atomic E-state index is 12.3. The van der Waals surface area contributed by atoms with Crippen LogP contribution in [0.4, 0.5) is 0 Å². The molecule has 348 valence electrons. The second kappa shape index (κ2) is 54.0. The van der Waals surface area contributed by atoms with Gasteiger partial charge in [-0.25, -0.2) is 0 Å². The van der Waals surface area contributed by atoms with E-state index in [1.165, 1.54) is 244 Å². The number of esters is 2. The van der Waals surface area contributed by atoms with Gasteiger partial charge in [0.2, 0.25) is 0 Å². The number of carbonyl (C=O) groups is 2. The van der Waals surface area contributed by atoms with E-state index in [2.05, 4.69) is 34.6 Å². The molecule has 4 heteroatoms. The fourth-order valence-corrected chi connectivity index (χ4v) is 8.00. The molecule has 0 saturated heterocycles. The van der Waals surface area contributed by atoms with Crippen LogP contribution in [0.1, 0.15) is 317 Å². The molecule has 1 unspecified atom stereocenters. The van der Waals surface area contributed by atoms with Crippen molar-refractivity contribution in [2.24, 2.45) is 5.92 Å². The smallest absolute Gasteiger partial charge is 0.305 e. The molecular weight excluding hydrogens is 713 g/mol. The summed E-state index contributed by atoms with van der Waals surface area (Å²) < 4.78 is 10.9. The molecule has 0 aliphatic rings. The molecule has 0 aromatic rings. The number of rotatable bonds is 47. The van der Waals surface area contributed by atoms with Crippen LogP contribution in [0, 0.1) is 5.92 Å². The van der Waals surface area contributed by atoms with Gasteiger partial charge in [-0.05, 0) is 38.0 Å². The van der Waals surface area contributed by atoms with Crippen molar-refractivity contribution in [2.45, 2.75) is 317 Å². The molecule has 0 heterocycles. The zero-order chi connectivity index (χ0) is 42.7. The quantitative estimate of drug-likeness (QED) is 0.0453. The molecule has 0 aromatic heterocycles. The highest BCUT2D eigenvalue weighted by molar-refractivity contribution is 5.69. The predicted molar refractivity (Wildman–Crippen MR) is 257 cm³/mol. The fourth-order valence-electron chi connectivity index (χ4n) is 8.00. The minimum Gasteiger partial charge on any atom is -0.466 e. The number of hydrogen-bond acceptors (Lipinski definition) is 4.